The van der Waals surface area contributed by atoms with Crippen LogP contribution in [0.4, 0.5) is 0 Å². The number of phenols is 1. The fourth-order valence-corrected chi connectivity index (χ4v) is 2.25. The monoisotopic (exact) mass is 191 g/mol. The van der Waals surface area contributed by atoms with Crippen LogP contribution in [0, 0.1) is 0 Å². The van der Waals surface area contributed by atoms with Crippen molar-refractivity contribution in [2.75, 3.05) is 0 Å². The van der Waals surface area contributed by atoms with Gasteiger partial charge >= 0.3 is 0 Å². The fourth-order valence-electron chi connectivity index (χ4n) is 2.25. The Labute approximate surface area is 85.0 Å². The van der Waals surface area contributed by atoms with Crippen LogP contribution in [0.15, 0.2) is 24.3 Å². The van der Waals surface area contributed by atoms with E-state index in [2.05, 4.69) is 19.2 Å². The Morgan fingerprint density at radius 2 is 2.00 bits per heavy atom. The van der Waals surface area contributed by atoms with E-state index in [0.717, 1.165) is 0 Å². The van der Waals surface area contributed by atoms with Crippen LogP contribution in [-0.4, -0.2) is 11.1 Å². The van der Waals surface area contributed by atoms with Crippen LogP contribution in [0.5, 0.6) is 5.75 Å². The molecule has 0 radical (unpaired) electrons. The Bertz CT molecular complexity index is 320. The number of rotatable bonds is 1. The average molecular weight is 191 g/mol. The van der Waals surface area contributed by atoms with Crippen molar-refractivity contribution >= 4 is 0 Å². The lowest BCUT2D eigenvalue weighted by Gasteiger charge is -2.26. The predicted octanol–water partition coefficient (Wildman–Crippen LogP) is 2.38. The summed E-state index contributed by atoms with van der Waals surface area (Å²) in [5.41, 5.74) is 1.35. The summed E-state index contributed by atoms with van der Waals surface area (Å²) >= 11 is 0. The molecule has 0 saturated carbocycles. The quantitative estimate of drug-likeness (QED) is 0.714. The largest absolute Gasteiger partial charge is 0.508 e. The summed E-state index contributed by atoms with van der Waals surface area (Å²) in [6, 6.07) is 8.10. The predicted molar refractivity (Wildman–Crippen MR) is 57.3 cm³/mol. The first kappa shape index (κ1) is 9.53. The van der Waals surface area contributed by atoms with Crippen molar-refractivity contribution < 1.29 is 5.11 Å². The molecule has 0 aromatic heterocycles. The third kappa shape index (κ3) is 1.62. The van der Waals surface area contributed by atoms with Crippen LogP contribution in [-0.2, 0) is 5.54 Å². The summed E-state index contributed by atoms with van der Waals surface area (Å²) in [5.74, 6) is 0.336. The molecule has 2 atom stereocenters. The molecule has 2 heteroatoms. The highest BCUT2D eigenvalue weighted by Crippen LogP contribution is 2.33. The number of phenolic OH excluding ortho intramolecular Hbond substituents is 1. The van der Waals surface area contributed by atoms with Gasteiger partial charge in [0.2, 0.25) is 0 Å². The maximum atomic E-state index is 9.22. The molecule has 1 heterocycles. The van der Waals surface area contributed by atoms with Crippen molar-refractivity contribution in [1.82, 2.24) is 5.32 Å². The molecule has 76 valence electrons. The van der Waals surface area contributed by atoms with Crippen molar-refractivity contribution in [2.24, 2.45) is 0 Å². The van der Waals surface area contributed by atoms with E-state index in [9.17, 15) is 5.11 Å². The molecule has 14 heavy (non-hydrogen) atoms. The lowest BCUT2D eigenvalue weighted by molar-refractivity contribution is 0.412. The van der Waals surface area contributed by atoms with Gasteiger partial charge in [-0.1, -0.05) is 12.1 Å². The van der Waals surface area contributed by atoms with Gasteiger partial charge in [0.15, 0.2) is 0 Å². The molecule has 0 amide bonds. The minimum absolute atomic E-state index is 0.0904. The van der Waals surface area contributed by atoms with Crippen molar-refractivity contribution in [1.29, 1.82) is 0 Å². The molecule has 1 aromatic carbocycles. The van der Waals surface area contributed by atoms with E-state index in [4.69, 9.17) is 0 Å². The second-order valence-electron chi connectivity index (χ2n) is 4.46. The highest BCUT2D eigenvalue weighted by atomic mass is 16.3. The third-order valence-corrected chi connectivity index (χ3v) is 3.15. The van der Waals surface area contributed by atoms with Crippen molar-refractivity contribution in [3.05, 3.63) is 29.8 Å². The van der Waals surface area contributed by atoms with Crippen LogP contribution in [0.2, 0.25) is 0 Å². The first-order valence-corrected chi connectivity index (χ1v) is 5.17. The summed E-state index contributed by atoms with van der Waals surface area (Å²) in [4.78, 5) is 0. The third-order valence-electron chi connectivity index (χ3n) is 3.15. The van der Waals surface area contributed by atoms with Gasteiger partial charge in [0.1, 0.15) is 5.75 Å². The Morgan fingerprint density at radius 1 is 1.36 bits per heavy atom. The van der Waals surface area contributed by atoms with Gasteiger partial charge in [-0.15, -0.1) is 0 Å². The van der Waals surface area contributed by atoms with Gasteiger partial charge < -0.3 is 10.4 Å². The highest BCUT2D eigenvalue weighted by molar-refractivity contribution is 5.31. The normalized spacial score (nSPS) is 32.0. The number of hydrogen-bond donors (Lipinski definition) is 2. The Morgan fingerprint density at radius 3 is 2.50 bits per heavy atom. The molecule has 1 aliphatic rings. The maximum absolute atomic E-state index is 9.22. The second-order valence-corrected chi connectivity index (χ2v) is 4.46. The van der Waals surface area contributed by atoms with E-state index < -0.39 is 0 Å². The minimum atomic E-state index is 0.0904. The van der Waals surface area contributed by atoms with Crippen LogP contribution in [0.25, 0.3) is 0 Å². The van der Waals surface area contributed by atoms with E-state index in [0.29, 0.717) is 11.8 Å². The number of aromatic hydroxyl groups is 1. The molecule has 1 saturated heterocycles. The van der Waals surface area contributed by atoms with E-state index in [-0.39, 0.29) is 5.54 Å². The first-order chi connectivity index (χ1) is 6.60. The maximum Gasteiger partial charge on any atom is 0.115 e. The Hall–Kier alpha value is -1.02. The number of hydrogen-bond acceptors (Lipinski definition) is 2. The molecule has 2 rings (SSSR count). The van der Waals surface area contributed by atoms with Gasteiger partial charge in [-0.25, -0.2) is 0 Å². The van der Waals surface area contributed by atoms with Gasteiger partial charge in [-0.3, -0.25) is 0 Å². The van der Waals surface area contributed by atoms with Crippen LogP contribution in [0.1, 0.15) is 32.3 Å². The smallest absolute Gasteiger partial charge is 0.115 e. The van der Waals surface area contributed by atoms with Crippen LogP contribution >= 0.6 is 0 Å². The standard InChI is InChI=1S/C12H17NO/c1-9-7-8-12(2,13-9)10-3-5-11(14)6-4-10/h3-6,9,13-14H,7-8H2,1-2H3. The van der Waals surface area contributed by atoms with Gasteiger partial charge in [0, 0.05) is 11.6 Å². The van der Waals surface area contributed by atoms with Crippen molar-refractivity contribution in [3.63, 3.8) is 0 Å². The Kier molecular flexibility index (Phi) is 2.23. The zero-order valence-corrected chi connectivity index (χ0v) is 8.75. The molecule has 0 spiro atoms. The van der Waals surface area contributed by atoms with Gasteiger partial charge in [0.25, 0.3) is 0 Å². The lowest BCUT2D eigenvalue weighted by Crippen LogP contribution is -2.36. The molecule has 2 N–H and O–H groups in total. The Balaban J connectivity index is 2.26. The lowest BCUT2D eigenvalue weighted by atomic mass is 9.91. The molecule has 2 nitrogen and oxygen atoms in total. The SMILES string of the molecule is CC1CCC(C)(c2ccc(O)cc2)N1. The molecule has 0 aliphatic carbocycles. The zero-order chi connectivity index (χ0) is 10.2. The van der Waals surface area contributed by atoms with Crippen LogP contribution in [0.3, 0.4) is 0 Å². The molecular formula is C12H17NO. The second kappa shape index (κ2) is 3.28. The van der Waals surface area contributed by atoms with E-state index in [1.807, 2.05) is 12.1 Å². The molecular weight excluding hydrogens is 174 g/mol. The summed E-state index contributed by atoms with van der Waals surface area (Å²) in [6.45, 7) is 4.44. The first-order valence-electron chi connectivity index (χ1n) is 5.17. The van der Waals surface area contributed by atoms with E-state index in [1.165, 1.54) is 18.4 Å². The van der Waals surface area contributed by atoms with Crippen LogP contribution < -0.4 is 5.32 Å². The topological polar surface area (TPSA) is 32.3 Å². The number of nitrogens with one attached hydrogen (secondary N) is 1. The van der Waals surface area contributed by atoms with Crippen molar-refractivity contribution in [3.8, 4) is 5.75 Å². The van der Waals surface area contributed by atoms with E-state index in [1.54, 1.807) is 12.1 Å². The summed E-state index contributed by atoms with van der Waals surface area (Å²) in [5, 5.41) is 12.8. The molecule has 2 unspecified atom stereocenters. The summed E-state index contributed by atoms with van der Waals surface area (Å²) in [6.07, 6.45) is 2.39. The summed E-state index contributed by atoms with van der Waals surface area (Å²) < 4.78 is 0. The molecule has 1 fully saturated rings. The van der Waals surface area contributed by atoms with Gasteiger partial charge in [0.05, 0.1) is 0 Å². The molecule has 1 aliphatic heterocycles. The van der Waals surface area contributed by atoms with Gasteiger partial charge in [-0.2, -0.15) is 0 Å². The zero-order valence-electron chi connectivity index (χ0n) is 8.75. The minimum Gasteiger partial charge on any atom is -0.508 e. The molecule has 1 aromatic rings. The summed E-state index contributed by atoms with van der Waals surface area (Å²) in [7, 11) is 0. The highest BCUT2D eigenvalue weighted by Gasteiger charge is 2.33. The fraction of sp³-hybridized carbons (Fsp3) is 0.500. The van der Waals surface area contributed by atoms with Crippen molar-refractivity contribution in [2.45, 2.75) is 38.3 Å². The molecule has 0 bridgehead atoms. The number of benzene rings is 1. The van der Waals surface area contributed by atoms with Gasteiger partial charge in [-0.05, 0) is 44.4 Å². The average Bonchev–Trinajstić information content (AvgIpc) is 2.48. The van der Waals surface area contributed by atoms with E-state index >= 15 is 0 Å².